The molecule has 0 radical (unpaired) electrons. The number of hydrazone groups is 1. The van der Waals surface area contributed by atoms with E-state index in [2.05, 4.69) is 10.5 Å². The van der Waals surface area contributed by atoms with Gasteiger partial charge in [0.15, 0.2) is 0 Å². The van der Waals surface area contributed by atoms with E-state index in [9.17, 15) is 5.11 Å². The van der Waals surface area contributed by atoms with E-state index in [4.69, 9.17) is 0 Å². The Balaban J connectivity index is 2.05. The van der Waals surface area contributed by atoms with Gasteiger partial charge in [-0.2, -0.15) is 5.10 Å². The van der Waals surface area contributed by atoms with Gasteiger partial charge in [-0.3, -0.25) is 5.43 Å². The standard InChI is InChI=1S/C20H18N2O/c1-15-12-13-19(23)18(14-15)20(16-8-4-2-5-9-16)22-21-17-10-6-3-7-11-17/h2-14,21,23H,1H3. The fourth-order valence-corrected chi connectivity index (χ4v) is 2.35. The third kappa shape index (κ3) is 3.58. The van der Waals surface area contributed by atoms with Crippen LogP contribution in [0, 0.1) is 6.92 Å². The summed E-state index contributed by atoms with van der Waals surface area (Å²) in [6.07, 6.45) is 0. The Kier molecular flexibility index (Phi) is 4.39. The molecule has 0 saturated heterocycles. The fraction of sp³-hybridized carbons (Fsp3) is 0.0500. The minimum atomic E-state index is 0.216. The molecule has 3 aromatic carbocycles. The number of aryl methyl sites for hydroxylation is 1. The largest absolute Gasteiger partial charge is 0.507 e. The molecule has 2 N–H and O–H groups in total. The molecule has 0 heterocycles. The molecule has 23 heavy (non-hydrogen) atoms. The van der Waals surface area contributed by atoms with E-state index in [1.807, 2.05) is 79.7 Å². The second-order valence-corrected chi connectivity index (χ2v) is 5.32. The first-order chi connectivity index (χ1) is 11.2. The number of para-hydroxylation sites is 1. The van der Waals surface area contributed by atoms with Crippen molar-refractivity contribution in [3.05, 3.63) is 95.6 Å². The summed E-state index contributed by atoms with van der Waals surface area (Å²) in [7, 11) is 0. The van der Waals surface area contributed by atoms with Gasteiger partial charge in [-0.1, -0.05) is 60.2 Å². The number of aromatic hydroxyl groups is 1. The molecule has 3 rings (SSSR count). The molecule has 0 atom stereocenters. The van der Waals surface area contributed by atoms with E-state index in [1.165, 1.54) is 0 Å². The van der Waals surface area contributed by atoms with Crippen molar-refractivity contribution in [3.63, 3.8) is 0 Å². The minimum absolute atomic E-state index is 0.216. The van der Waals surface area contributed by atoms with Crippen LogP contribution in [0.15, 0.2) is 84.0 Å². The Bertz CT molecular complexity index is 812. The van der Waals surface area contributed by atoms with E-state index in [0.717, 1.165) is 16.8 Å². The van der Waals surface area contributed by atoms with Crippen LogP contribution in [0.1, 0.15) is 16.7 Å². The summed E-state index contributed by atoms with van der Waals surface area (Å²) < 4.78 is 0. The Labute approximate surface area is 135 Å². The van der Waals surface area contributed by atoms with Gasteiger partial charge in [0.1, 0.15) is 11.5 Å². The smallest absolute Gasteiger partial charge is 0.125 e. The van der Waals surface area contributed by atoms with Crippen LogP contribution in [0.25, 0.3) is 0 Å². The first kappa shape index (κ1) is 14.9. The van der Waals surface area contributed by atoms with Gasteiger partial charge in [0.25, 0.3) is 0 Å². The van der Waals surface area contributed by atoms with Gasteiger partial charge in [-0.25, -0.2) is 0 Å². The topological polar surface area (TPSA) is 44.6 Å². The molecule has 0 spiro atoms. The molecule has 114 valence electrons. The summed E-state index contributed by atoms with van der Waals surface area (Å²) in [5, 5.41) is 14.8. The lowest BCUT2D eigenvalue weighted by Gasteiger charge is -2.11. The third-order valence-electron chi connectivity index (χ3n) is 3.52. The zero-order chi connectivity index (χ0) is 16.1. The Hall–Kier alpha value is -3.07. The number of nitrogens with one attached hydrogen (secondary N) is 1. The van der Waals surface area contributed by atoms with Gasteiger partial charge in [-0.05, 0) is 31.2 Å². The van der Waals surface area contributed by atoms with Gasteiger partial charge in [0.05, 0.1) is 5.69 Å². The van der Waals surface area contributed by atoms with Crippen molar-refractivity contribution in [1.29, 1.82) is 0 Å². The van der Waals surface area contributed by atoms with E-state index in [1.54, 1.807) is 6.07 Å². The van der Waals surface area contributed by atoms with Crippen LogP contribution in [0.2, 0.25) is 0 Å². The number of rotatable bonds is 4. The highest BCUT2D eigenvalue weighted by atomic mass is 16.3. The van der Waals surface area contributed by atoms with Crippen LogP contribution in [0.5, 0.6) is 5.75 Å². The van der Waals surface area contributed by atoms with Crippen LogP contribution in [-0.2, 0) is 0 Å². The van der Waals surface area contributed by atoms with Crippen molar-refractivity contribution < 1.29 is 5.11 Å². The molecule has 0 bridgehead atoms. The highest BCUT2D eigenvalue weighted by molar-refractivity contribution is 6.14. The van der Waals surface area contributed by atoms with Crippen LogP contribution in [0.4, 0.5) is 5.69 Å². The second-order valence-electron chi connectivity index (χ2n) is 5.32. The molecule has 0 aromatic heterocycles. The summed E-state index contributed by atoms with van der Waals surface area (Å²) in [6.45, 7) is 2.00. The van der Waals surface area contributed by atoms with Gasteiger partial charge >= 0.3 is 0 Å². The predicted molar refractivity (Wildman–Crippen MR) is 95.0 cm³/mol. The molecule has 0 fully saturated rings. The van der Waals surface area contributed by atoms with E-state index < -0.39 is 0 Å². The van der Waals surface area contributed by atoms with Crippen molar-refractivity contribution in [2.24, 2.45) is 5.10 Å². The van der Waals surface area contributed by atoms with Crippen molar-refractivity contribution in [2.45, 2.75) is 6.92 Å². The summed E-state index contributed by atoms with van der Waals surface area (Å²) in [6, 6.07) is 25.1. The number of anilines is 1. The first-order valence-electron chi connectivity index (χ1n) is 7.48. The summed E-state index contributed by atoms with van der Waals surface area (Å²) in [4.78, 5) is 0. The Morgan fingerprint density at radius 2 is 1.52 bits per heavy atom. The zero-order valence-corrected chi connectivity index (χ0v) is 12.9. The van der Waals surface area contributed by atoms with Gasteiger partial charge < -0.3 is 5.11 Å². The molecular formula is C20H18N2O. The quantitative estimate of drug-likeness (QED) is 0.548. The maximum absolute atomic E-state index is 10.3. The van der Waals surface area contributed by atoms with Crippen LogP contribution in [-0.4, -0.2) is 10.8 Å². The fourth-order valence-electron chi connectivity index (χ4n) is 2.35. The van der Waals surface area contributed by atoms with E-state index >= 15 is 0 Å². The van der Waals surface area contributed by atoms with Crippen molar-refractivity contribution in [3.8, 4) is 5.75 Å². The number of phenols is 1. The van der Waals surface area contributed by atoms with Crippen molar-refractivity contribution in [2.75, 3.05) is 5.43 Å². The average molecular weight is 302 g/mol. The van der Waals surface area contributed by atoms with E-state index in [0.29, 0.717) is 11.3 Å². The Morgan fingerprint density at radius 1 is 0.870 bits per heavy atom. The monoisotopic (exact) mass is 302 g/mol. The molecule has 0 saturated carbocycles. The maximum Gasteiger partial charge on any atom is 0.125 e. The molecule has 0 aliphatic rings. The zero-order valence-electron chi connectivity index (χ0n) is 12.9. The lowest BCUT2D eigenvalue weighted by Crippen LogP contribution is -2.07. The summed E-state index contributed by atoms with van der Waals surface area (Å²) in [5.74, 6) is 0.216. The molecule has 3 heteroatoms. The first-order valence-corrected chi connectivity index (χ1v) is 7.48. The summed E-state index contributed by atoms with van der Waals surface area (Å²) >= 11 is 0. The lowest BCUT2D eigenvalue weighted by atomic mass is 10.00. The minimum Gasteiger partial charge on any atom is -0.507 e. The van der Waals surface area contributed by atoms with Gasteiger partial charge in [0, 0.05) is 11.1 Å². The Morgan fingerprint density at radius 3 is 2.22 bits per heavy atom. The number of benzene rings is 3. The second kappa shape index (κ2) is 6.79. The normalized spacial score (nSPS) is 11.3. The SMILES string of the molecule is Cc1ccc(O)c(C(=NNc2ccccc2)c2ccccc2)c1. The van der Waals surface area contributed by atoms with Gasteiger partial charge in [0.2, 0.25) is 0 Å². The average Bonchev–Trinajstić information content (AvgIpc) is 2.60. The molecule has 0 aliphatic heterocycles. The lowest BCUT2D eigenvalue weighted by molar-refractivity contribution is 0.474. The van der Waals surface area contributed by atoms with Crippen molar-refractivity contribution in [1.82, 2.24) is 0 Å². The summed E-state index contributed by atoms with van der Waals surface area (Å²) in [5.41, 5.74) is 7.39. The van der Waals surface area contributed by atoms with Gasteiger partial charge in [-0.15, -0.1) is 0 Å². The number of hydrogen-bond acceptors (Lipinski definition) is 3. The molecular weight excluding hydrogens is 284 g/mol. The highest BCUT2D eigenvalue weighted by Crippen LogP contribution is 2.23. The van der Waals surface area contributed by atoms with E-state index in [-0.39, 0.29) is 5.75 Å². The third-order valence-corrected chi connectivity index (χ3v) is 3.52. The van der Waals surface area contributed by atoms with Crippen LogP contribution >= 0.6 is 0 Å². The number of phenolic OH excluding ortho intramolecular Hbond substituents is 1. The number of hydrogen-bond donors (Lipinski definition) is 2. The molecule has 3 nitrogen and oxygen atoms in total. The maximum atomic E-state index is 10.3. The predicted octanol–water partition coefficient (Wildman–Crippen LogP) is 4.57. The van der Waals surface area contributed by atoms with Crippen LogP contribution in [0.3, 0.4) is 0 Å². The highest BCUT2D eigenvalue weighted by Gasteiger charge is 2.12. The molecule has 0 amide bonds. The van der Waals surface area contributed by atoms with Crippen molar-refractivity contribution >= 4 is 11.4 Å². The number of nitrogens with zero attached hydrogens (tertiary/aromatic N) is 1. The molecule has 3 aromatic rings. The van der Waals surface area contributed by atoms with Crippen LogP contribution < -0.4 is 5.43 Å². The molecule has 0 unspecified atom stereocenters. The molecule has 0 aliphatic carbocycles.